The summed E-state index contributed by atoms with van der Waals surface area (Å²) in [5, 5.41) is 8.03. The Labute approximate surface area is 104 Å². The molecule has 2 aromatic heterocycles. The van der Waals surface area contributed by atoms with Gasteiger partial charge in [-0.05, 0) is 18.8 Å². The molecule has 3 rings (SSSR count). The van der Waals surface area contributed by atoms with Crippen molar-refractivity contribution >= 4 is 23.1 Å². The monoisotopic (exact) mass is 251 g/mol. The number of aromatic nitrogens is 4. The van der Waals surface area contributed by atoms with Crippen LogP contribution < -0.4 is 4.90 Å². The summed E-state index contributed by atoms with van der Waals surface area (Å²) in [5.41, 5.74) is 0.830. The molecule has 6 heteroatoms. The Balaban J connectivity index is 1.87. The Kier molecular flexibility index (Phi) is 2.84. The van der Waals surface area contributed by atoms with Crippen LogP contribution in [-0.2, 0) is 0 Å². The predicted octanol–water partition coefficient (Wildman–Crippen LogP) is 1.58. The van der Waals surface area contributed by atoms with Crippen molar-refractivity contribution in [2.24, 2.45) is 5.92 Å². The molecule has 0 aromatic carbocycles. The Morgan fingerprint density at radius 1 is 1.35 bits per heavy atom. The summed E-state index contributed by atoms with van der Waals surface area (Å²) < 4.78 is 1.90. The first-order chi connectivity index (χ1) is 8.38. The zero-order valence-electron chi connectivity index (χ0n) is 9.46. The van der Waals surface area contributed by atoms with Crippen molar-refractivity contribution in [2.45, 2.75) is 12.8 Å². The van der Waals surface area contributed by atoms with Gasteiger partial charge in [-0.15, -0.1) is 21.8 Å². The maximum atomic E-state index is 5.89. The van der Waals surface area contributed by atoms with Gasteiger partial charge in [-0.3, -0.25) is 4.40 Å². The zero-order chi connectivity index (χ0) is 11.7. The first-order valence-corrected chi connectivity index (χ1v) is 6.37. The van der Waals surface area contributed by atoms with E-state index in [2.05, 4.69) is 20.1 Å². The van der Waals surface area contributed by atoms with Crippen molar-refractivity contribution in [3.05, 3.63) is 18.7 Å². The fraction of sp³-hybridized carbons (Fsp3) is 0.545. The number of alkyl halides is 1. The van der Waals surface area contributed by atoms with Crippen molar-refractivity contribution in [2.75, 3.05) is 23.9 Å². The van der Waals surface area contributed by atoms with Crippen LogP contribution in [0.25, 0.3) is 5.65 Å². The van der Waals surface area contributed by atoms with E-state index in [9.17, 15) is 0 Å². The topological polar surface area (TPSA) is 46.3 Å². The standard InChI is InChI=1S/C11H14ClN5/c12-7-9-1-4-16(5-2-9)10-11-15-14-8-17(11)6-3-13-10/h3,6,8-9H,1-2,4-5,7H2. The van der Waals surface area contributed by atoms with Gasteiger partial charge in [-0.2, -0.15) is 0 Å². The predicted molar refractivity (Wildman–Crippen MR) is 66.4 cm³/mol. The van der Waals surface area contributed by atoms with Crippen molar-refractivity contribution in [3.8, 4) is 0 Å². The fourth-order valence-electron chi connectivity index (χ4n) is 2.27. The van der Waals surface area contributed by atoms with Crippen LogP contribution in [0.1, 0.15) is 12.8 Å². The van der Waals surface area contributed by atoms with E-state index in [1.165, 1.54) is 0 Å². The van der Waals surface area contributed by atoms with E-state index >= 15 is 0 Å². The molecule has 1 aliphatic heterocycles. The number of hydrogen-bond acceptors (Lipinski definition) is 4. The van der Waals surface area contributed by atoms with Crippen molar-refractivity contribution in [3.63, 3.8) is 0 Å². The normalized spacial score (nSPS) is 17.8. The number of anilines is 1. The van der Waals surface area contributed by atoms with Crippen LogP contribution in [0.2, 0.25) is 0 Å². The second-order valence-corrected chi connectivity index (χ2v) is 4.71. The molecule has 0 radical (unpaired) electrons. The van der Waals surface area contributed by atoms with Crippen LogP contribution in [-0.4, -0.2) is 38.6 Å². The lowest BCUT2D eigenvalue weighted by molar-refractivity contribution is 0.441. The Bertz CT molecular complexity index is 503. The van der Waals surface area contributed by atoms with Crippen molar-refractivity contribution < 1.29 is 0 Å². The molecule has 0 unspecified atom stereocenters. The quantitative estimate of drug-likeness (QED) is 0.761. The molecule has 0 bridgehead atoms. The molecule has 0 aliphatic carbocycles. The lowest BCUT2D eigenvalue weighted by atomic mass is 9.99. The number of piperidine rings is 1. The molecule has 2 aromatic rings. The van der Waals surface area contributed by atoms with Crippen molar-refractivity contribution in [1.29, 1.82) is 0 Å². The van der Waals surface area contributed by atoms with Crippen LogP contribution in [0, 0.1) is 5.92 Å². The number of hydrogen-bond donors (Lipinski definition) is 0. The molecule has 1 fully saturated rings. The molecule has 5 nitrogen and oxygen atoms in total. The van der Waals surface area contributed by atoms with Gasteiger partial charge >= 0.3 is 0 Å². The molecule has 3 heterocycles. The molecule has 17 heavy (non-hydrogen) atoms. The molecular formula is C11H14ClN5. The smallest absolute Gasteiger partial charge is 0.203 e. The molecule has 0 atom stereocenters. The summed E-state index contributed by atoms with van der Waals surface area (Å²) in [6, 6.07) is 0. The third-order valence-electron chi connectivity index (χ3n) is 3.33. The molecule has 0 spiro atoms. The molecule has 0 saturated carbocycles. The zero-order valence-corrected chi connectivity index (χ0v) is 10.2. The minimum Gasteiger partial charge on any atom is -0.353 e. The minimum atomic E-state index is 0.644. The molecule has 90 valence electrons. The van der Waals surface area contributed by atoms with E-state index in [4.69, 9.17) is 11.6 Å². The van der Waals surface area contributed by atoms with Gasteiger partial charge in [0.25, 0.3) is 0 Å². The van der Waals surface area contributed by atoms with Gasteiger partial charge in [-0.25, -0.2) is 4.98 Å². The van der Waals surface area contributed by atoms with Gasteiger partial charge in [0.05, 0.1) is 0 Å². The summed E-state index contributed by atoms with van der Waals surface area (Å²) >= 11 is 5.89. The average molecular weight is 252 g/mol. The Morgan fingerprint density at radius 3 is 2.94 bits per heavy atom. The maximum Gasteiger partial charge on any atom is 0.203 e. The highest BCUT2D eigenvalue weighted by Crippen LogP contribution is 2.24. The van der Waals surface area contributed by atoms with E-state index in [1.54, 1.807) is 12.5 Å². The number of nitrogens with zero attached hydrogens (tertiary/aromatic N) is 5. The van der Waals surface area contributed by atoms with Gasteiger partial charge in [-0.1, -0.05) is 0 Å². The lowest BCUT2D eigenvalue weighted by Crippen LogP contribution is -2.35. The largest absolute Gasteiger partial charge is 0.353 e. The third kappa shape index (κ3) is 1.95. The first kappa shape index (κ1) is 10.8. The van der Waals surface area contributed by atoms with E-state index in [0.29, 0.717) is 5.92 Å². The number of halogens is 1. The summed E-state index contributed by atoms with van der Waals surface area (Å²) in [4.78, 5) is 6.69. The van der Waals surface area contributed by atoms with Gasteiger partial charge in [0.2, 0.25) is 5.65 Å². The van der Waals surface area contributed by atoms with Crippen LogP contribution in [0.15, 0.2) is 18.7 Å². The van der Waals surface area contributed by atoms with E-state index in [1.807, 2.05) is 10.6 Å². The molecule has 0 N–H and O–H groups in total. The van der Waals surface area contributed by atoms with Crippen molar-refractivity contribution in [1.82, 2.24) is 19.6 Å². The Hall–Kier alpha value is -1.36. The SMILES string of the molecule is ClCC1CCN(c2nccn3cnnc23)CC1. The maximum absolute atomic E-state index is 5.89. The second-order valence-electron chi connectivity index (χ2n) is 4.40. The number of fused-ring (bicyclic) bond motifs is 1. The fourth-order valence-corrected chi connectivity index (χ4v) is 2.58. The van der Waals surface area contributed by atoms with Crippen LogP contribution in [0.3, 0.4) is 0 Å². The van der Waals surface area contributed by atoms with Gasteiger partial charge in [0.15, 0.2) is 5.82 Å². The van der Waals surface area contributed by atoms with Gasteiger partial charge < -0.3 is 4.90 Å². The molecular weight excluding hydrogens is 238 g/mol. The van der Waals surface area contributed by atoms with E-state index < -0.39 is 0 Å². The highest BCUT2D eigenvalue weighted by Gasteiger charge is 2.21. The first-order valence-electron chi connectivity index (χ1n) is 5.84. The van der Waals surface area contributed by atoms with Crippen LogP contribution in [0.4, 0.5) is 5.82 Å². The summed E-state index contributed by atoms with van der Waals surface area (Å²) in [5.74, 6) is 2.33. The molecule has 1 saturated heterocycles. The summed E-state index contributed by atoms with van der Waals surface area (Å²) in [6.07, 6.45) is 7.61. The lowest BCUT2D eigenvalue weighted by Gasteiger charge is -2.31. The average Bonchev–Trinajstić information content (AvgIpc) is 2.87. The number of rotatable bonds is 2. The minimum absolute atomic E-state index is 0.644. The highest BCUT2D eigenvalue weighted by atomic mass is 35.5. The third-order valence-corrected chi connectivity index (χ3v) is 3.77. The summed E-state index contributed by atoms with van der Waals surface area (Å²) in [6.45, 7) is 1.99. The Morgan fingerprint density at radius 2 is 2.18 bits per heavy atom. The van der Waals surface area contributed by atoms with Gasteiger partial charge in [0.1, 0.15) is 6.33 Å². The summed E-state index contributed by atoms with van der Waals surface area (Å²) in [7, 11) is 0. The van der Waals surface area contributed by atoms with Crippen LogP contribution in [0.5, 0.6) is 0 Å². The highest BCUT2D eigenvalue weighted by molar-refractivity contribution is 6.18. The van der Waals surface area contributed by atoms with Crippen LogP contribution >= 0.6 is 11.6 Å². The van der Waals surface area contributed by atoms with E-state index in [0.717, 1.165) is 43.3 Å². The second kappa shape index (κ2) is 4.49. The molecule has 0 amide bonds. The van der Waals surface area contributed by atoms with Gasteiger partial charge in [0, 0.05) is 31.4 Å². The molecule has 1 aliphatic rings. The van der Waals surface area contributed by atoms with E-state index in [-0.39, 0.29) is 0 Å².